The topological polar surface area (TPSA) is 90.5 Å². The van der Waals surface area contributed by atoms with Crippen LogP contribution in [0.5, 0.6) is 0 Å². The Morgan fingerprint density at radius 1 is 1.24 bits per heavy atom. The predicted molar refractivity (Wildman–Crippen MR) is 82.2 cm³/mol. The monoisotopic (exact) mass is 317 g/mol. The largest absolute Gasteiger partial charge is 0.397 e. The lowest BCUT2D eigenvalue weighted by atomic mass is 10.3. The quantitative estimate of drug-likeness (QED) is 0.784. The van der Waals surface area contributed by atoms with Gasteiger partial charge >= 0.3 is 0 Å². The van der Waals surface area contributed by atoms with Crippen LogP contribution in [-0.4, -0.2) is 34.9 Å². The van der Waals surface area contributed by atoms with Crippen LogP contribution < -0.4 is 5.73 Å². The highest BCUT2D eigenvalue weighted by atomic mass is 35.5. The first-order valence-electron chi connectivity index (χ1n) is 7.25. The third kappa shape index (κ3) is 5.39. The van der Waals surface area contributed by atoms with Gasteiger partial charge in [0.25, 0.3) is 0 Å². The first kappa shape index (κ1) is 18.1. The molecule has 0 spiro atoms. The van der Waals surface area contributed by atoms with Crippen molar-refractivity contribution in [3.63, 3.8) is 0 Å². The van der Waals surface area contributed by atoms with Crippen LogP contribution in [0.2, 0.25) is 5.02 Å². The molecule has 0 unspecified atom stereocenters. The molecule has 0 aromatic carbocycles. The molecule has 1 aliphatic rings. The molecule has 6 nitrogen and oxygen atoms in total. The number of aliphatic hydroxyl groups excluding tert-OH is 1. The van der Waals surface area contributed by atoms with Crippen LogP contribution in [0.1, 0.15) is 57.3 Å². The molecule has 0 bridgehead atoms. The summed E-state index contributed by atoms with van der Waals surface area (Å²) in [5.74, 6) is 1.46. The highest BCUT2D eigenvalue weighted by molar-refractivity contribution is 6.33. The number of halogens is 1. The SMILES string of the molecule is CCO.CCOC(OCC)c1nc(C2CC2)nc(N)c1Cl. The Labute approximate surface area is 130 Å². The molecule has 0 amide bonds. The van der Waals surface area contributed by atoms with Gasteiger partial charge in [-0.1, -0.05) is 11.6 Å². The van der Waals surface area contributed by atoms with Gasteiger partial charge in [-0.2, -0.15) is 0 Å². The average Bonchev–Trinajstić information content (AvgIpc) is 3.27. The van der Waals surface area contributed by atoms with Gasteiger partial charge in [-0.05, 0) is 33.6 Å². The lowest BCUT2D eigenvalue weighted by Gasteiger charge is -2.18. The van der Waals surface area contributed by atoms with E-state index in [-0.39, 0.29) is 6.61 Å². The summed E-state index contributed by atoms with van der Waals surface area (Å²) in [6.07, 6.45) is 1.64. The van der Waals surface area contributed by atoms with E-state index in [4.69, 9.17) is 31.9 Å². The molecule has 120 valence electrons. The van der Waals surface area contributed by atoms with Gasteiger partial charge in [0.1, 0.15) is 22.4 Å². The normalized spacial score (nSPS) is 14.0. The number of nitrogens with zero attached hydrogens (tertiary/aromatic N) is 2. The fourth-order valence-electron chi connectivity index (χ4n) is 1.69. The Hall–Kier alpha value is -0.950. The van der Waals surface area contributed by atoms with Gasteiger partial charge in [0.15, 0.2) is 0 Å². The second-order valence-electron chi connectivity index (χ2n) is 4.50. The van der Waals surface area contributed by atoms with E-state index in [2.05, 4.69) is 9.97 Å². The fourth-order valence-corrected chi connectivity index (χ4v) is 1.86. The highest BCUT2D eigenvalue weighted by Gasteiger charge is 2.30. The van der Waals surface area contributed by atoms with Crippen LogP contribution in [0.25, 0.3) is 0 Å². The minimum Gasteiger partial charge on any atom is -0.397 e. The molecule has 21 heavy (non-hydrogen) atoms. The number of nitrogens with two attached hydrogens (primary N) is 1. The van der Waals surface area contributed by atoms with E-state index in [0.717, 1.165) is 18.7 Å². The number of aliphatic hydroxyl groups is 1. The summed E-state index contributed by atoms with van der Waals surface area (Å²) >= 11 is 6.15. The standard InChI is InChI=1S/C12H18ClN3O2.C2H6O/c1-3-17-12(18-4-2)9-8(13)10(14)16-11(15-9)7-5-6-7;1-2-3/h7,12H,3-6H2,1-2H3,(H2,14,15,16);3H,2H2,1H3. The number of ether oxygens (including phenoxy) is 2. The van der Waals surface area contributed by atoms with E-state index >= 15 is 0 Å². The third-order valence-electron chi connectivity index (χ3n) is 2.72. The number of rotatable bonds is 6. The zero-order valence-electron chi connectivity index (χ0n) is 12.8. The lowest BCUT2D eigenvalue weighted by Crippen LogP contribution is -2.14. The maximum absolute atomic E-state index is 7.57. The van der Waals surface area contributed by atoms with Crippen molar-refractivity contribution < 1.29 is 14.6 Å². The van der Waals surface area contributed by atoms with Gasteiger partial charge in [0.05, 0.1) is 0 Å². The third-order valence-corrected chi connectivity index (χ3v) is 3.11. The maximum atomic E-state index is 7.57. The maximum Gasteiger partial charge on any atom is 0.202 e. The summed E-state index contributed by atoms with van der Waals surface area (Å²) in [6, 6.07) is 0. The van der Waals surface area contributed by atoms with Gasteiger partial charge in [-0.3, -0.25) is 0 Å². The van der Waals surface area contributed by atoms with E-state index in [1.54, 1.807) is 6.92 Å². The van der Waals surface area contributed by atoms with Crippen molar-refractivity contribution in [1.82, 2.24) is 9.97 Å². The van der Waals surface area contributed by atoms with Crippen LogP contribution in [0.4, 0.5) is 5.82 Å². The molecule has 0 saturated heterocycles. The van der Waals surface area contributed by atoms with E-state index in [1.807, 2.05) is 13.8 Å². The van der Waals surface area contributed by atoms with Crippen molar-refractivity contribution in [2.45, 2.75) is 45.8 Å². The lowest BCUT2D eigenvalue weighted by molar-refractivity contribution is -0.142. The smallest absolute Gasteiger partial charge is 0.202 e. The summed E-state index contributed by atoms with van der Waals surface area (Å²) in [5.41, 5.74) is 6.36. The van der Waals surface area contributed by atoms with E-state index in [1.165, 1.54) is 0 Å². The van der Waals surface area contributed by atoms with Gasteiger partial charge in [-0.25, -0.2) is 9.97 Å². The van der Waals surface area contributed by atoms with Crippen molar-refractivity contribution in [1.29, 1.82) is 0 Å². The van der Waals surface area contributed by atoms with E-state index in [0.29, 0.717) is 35.7 Å². The molecule has 0 radical (unpaired) electrons. The van der Waals surface area contributed by atoms with Gasteiger partial charge in [0.2, 0.25) is 6.29 Å². The zero-order chi connectivity index (χ0) is 15.8. The Morgan fingerprint density at radius 3 is 2.19 bits per heavy atom. The van der Waals surface area contributed by atoms with Crippen molar-refractivity contribution in [2.24, 2.45) is 0 Å². The van der Waals surface area contributed by atoms with Crippen molar-refractivity contribution in [3.8, 4) is 0 Å². The molecule has 7 heteroatoms. The van der Waals surface area contributed by atoms with Crippen molar-refractivity contribution in [2.75, 3.05) is 25.6 Å². The summed E-state index contributed by atoms with van der Waals surface area (Å²) in [7, 11) is 0. The Morgan fingerprint density at radius 2 is 1.76 bits per heavy atom. The number of anilines is 1. The number of hydrogen-bond donors (Lipinski definition) is 2. The average molecular weight is 318 g/mol. The van der Waals surface area contributed by atoms with Crippen LogP contribution in [0.15, 0.2) is 0 Å². The molecule has 1 saturated carbocycles. The van der Waals surface area contributed by atoms with Crippen LogP contribution in [0.3, 0.4) is 0 Å². The molecular weight excluding hydrogens is 294 g/mol. The molecule has 1 fully saturated rings. The summed E-state index contributed by atoms with van der Waals surface area (Å²) in [4.78, 5) is 8.68. The minimum atomic E-state index is -0.574. The molecular formula is C14H24ClN3O3. The first-order valence-corrected chi connectivity index (χ1v) is 7.63. The van der Waals surface area contributed by atoms with Crippen molar-refractivity contribution in [3.05, 3.63) is 16.5 Å². The van der Waals surface area contributed by atoms with E-state index in [9.17, 15) is 0 Å². The summed E-state index contributed by atoms with van der Waals surface area (Å²) < 4.78 is 11.0. The molecule has 1 aromatic heterocycles. The van der Waals surface area contributed by atoms with Crippen LogP contribution >= 0.6 is 11.6 Å². The molecule has 0 aliphatic heterocycles. The molecule has 1 aliphatic carbocycles. The molecule has 1 aromatic rings. The number of hydrogen-bond acceptors (Lipinski definition) is 6. The second kappa shape index (κ2) is 9.15. The van der Waals surface area contributed by atoms with Gasteiger partial charge < -0.3 is 20.3 Å². The highest BCUT2D eigenvalue weighted by Crippen LogP contribution is 2.40. The zero-order valence-corrected chi connectivity index (χ0v) is 13.6. The second-order valence-corrected chi connectivity index (χ2v) is 4.88. The minimum absolute atomic E-state index is 0.250. The number of nitrogen functional groups attached to an aromatic ring is 1. The molecule has 1 heterocycles. The Kier molecular flexibility index (Phi) is 7.88. The van der Waals surface area contributed by atoms with Crippen LogP contribution in [0, 0.1) is 0 Å². The van der Waals surface area contributed by atoms with Gasteiger partial charge in [0, 0.05) is 25.7 Å². The summed E-state index contributed by atoms with van der Waals surface area (Å²) in [6.45, 7) is 6.76. The van der Waals surface area contributed by atoms with Gasteiger partial charge in [-0.15, -0.1) is 0 Å². The number of aromatic nitrogens is 2. The predicted octanol–water partition coefficient (Wildman–Crippen LogP) is 2.66. The van der Waals surface area contributed by atoms with Crippen LogP contribution in [-0.2, 0) is 9.47 Å². The van der Waals surface area contributed by atoms with Crippen molar-refractivity contribution >= 4 is 17.4 Å². The molecule has 3 N–H and O–H groups in total. The first-order chi connectivity index (χ1) is 10.1. The molecule has 2 rings (SSSR count). The Balaban J connectivity index is 0.000000677. The fraction of sp³-hybridized carbons (Fsp3) is 0.714. The molecule has 0 atom stereocenters. The van der Waals surface area contributed by atoms with E-state index < -0.39 is 6.29 Å². The Bertz CT molecular complexity index is 436. The summed E-state index contributed by atoms with van der Waals surface area (Å²) in [5, 5.41) is 7.89.